The van der Waals surface area contributed by atoms with Gasteiger partial charge in [0.25, 0.3) is 5.79 Å². The molecule has 0 amide bonds. The lowest BCUT2D eigenvalue weighted by Crippen LogP contribution is -2.83. The Morgan fingerprint density at radius 2 is 1.76 bits per heavy atom. The third kappa shape index (κ3) is 4.87. The number of hydrogen-bond donors (Lipinski definition) is 4. The number of carbonyl (C=O) groups is 5. The molecule has 38 heavy (non-hydrogen) atoms. The Balaban J connectivity index is 1.92. The van der Waals surface area contributed by atoms with E-state index in [-0.39, 0.29) is 17.9 Å². The first-order chi connectivity index (χ1) is 17.7. The van der Waals surface area contributed by atoms with E-state index in [1.807, 2.05) is 30.3 Å². The van der Waals surface area contributed by atoms with Crippen LogP contribution in [0.2, 0.25) is 0 Å². The first-order valence-electron chi connectivity index (χ1n) is 11.6. The molecular weight excluding hydrogens is 508 g/mol. The summed E-state index contributed by atoms with van der Waals surface area (Å²) in [7, 11) is 0. The lowest BCUT2D eigenvalue weighted by atomic mass is 9.75. The van der Waals surface area contributed by atoms with Crippen LogP contribution in [0.1, 0.15) is 32.3 Å². The molecule has 0 saturated carbocycles. The van der Waals surface area contributed by atoms with Gasteiger partial charge in [-0.25, -0.2) is 19.2 Å². The summed E-state index contributed by atoms with van der Waals surface area (Å²) in [6.07, 6.45) is -3.92. The number of carboxylic acids is 3. The van der Waals surface area contributed by atoms with Crippen LogP contribution < -0.4 is 0 Å². The second-order valence-corrected chi connectivity index (χ2v) is 9.33. The fraction of sp³-hybridized carbons (Fsp3) is 0.480. The molecule has 1 aromatic rings. The van der Waals surface area contributed by atoms with Crippen LogP contribution in [-0.4, -0.2) is 86.1 Å². The van der Waals surface area contributed by atoms with E-state index in [4.69, 9.17) is 18.9 Å². The fourth-order valence-corrected chi connectivity index (χ4v) is 4.71. The van der Waals surface area contributed by atoms with Gasteiger partial charge in [-0.3, -0.25) is 4.79 Å². The standard InChI is InChI=1S/C25H28O13/c1-13(17(36-15(3)26)14(2)11-16-7-5-4-6-8-16)9-10-24-22(33)35-12-23(38-24,20(29)30)25(34,21(31)32)18(37-24)19(27)28/h4-8,14,17-18,34H,1,9-12H2,2-3H3,(H,27,28)(H,29,30)(H,31,32)/t14-,17-,18-,23+,24+,25-/m1/s1. The monoisotopic (exact) mass is 536 g/mol. The summed E-state index contributed by atoms with van der Waals surface area (Å²) in [5, 5.41) is 39.9. The summed E-state index contributed by atoms with van der Waals surface area (Å²) >= 11 is 0. The molecule has 2 aliphatic heterocycles. The molecule has 0 aliphatic carbocycles. The molecule has 2 heterocycles. The highest BCUT2D eigenvalue weighted by atomic mass is 16.8. The molecule has 3 rings (SSSR count). The van der Waals surface area contributed by atoms with Gasteiger partial charge in [0.05, 0.1) is 0 Å². The van der Waals surface area contributed by atoms with Crippen molar-refractivity contribution in [3.63, 3.8) is 0 Å². The average Bonchev–Trinajstić information content (AvgIpc) is 2.85. The number of fused-ring (bicyclic) bond motifs is 2. The minimum Gasteiger partial charge on any atom is -0.479 e. The Bertz CT molecular complexity index is 1150. The summed E-state index contributed by atoms with van der Waals surface area (Å²) in [5.41, 5.74) is -5.65. The van der Waals surface area contributed by atoms with E-state index >= 15 is 0 Å². The number of hydrogen-bond acceptors (Lipinski definition) is 10. The summed E-state index contributed by atoms with van der Waals surface area (Å²) in [4.78, 5) is 60.6. The van der Waals surface area contributed by atoms with Crippen LogP contribution in [-0.2, 0) is 49.3 Å². The van der Waals surface area contributed by atoms with E-state index in [0.29, 0.717) is 6.42 Å². The number of carboxylic acid groups (broad SMARTS) is 3. The lowest BCUT2D eigenvalue weighted by molar-refractivity contribution is -0.403. The number of aliphatic hydroxyl groups is 1. The van der Waals surface area contributed by atoms with E-state index < -0.39 is 72.1 Å². The molecular formula is C25H28O13. The van der Waals surface area contributed by atoms with Crippen molar-refractivity contribution in [2.45, 2.75) is 62.3 Å². The highest BCUT2D eigenvalue weighted by Crippen LogP contribution is 2.48. The summed E-state index contributed by atoms with van der Waals surface area (Å²) in [5.74, 6) is -11.3. The van der Waals surface area contributed by atoms with Crippen molar-refractivity contribution in [2.24, 2.45) is 5.92 Å². The van der Waals surface area contributed by atoms with E-state index in [9.17, 15) is 44.4 Å². The van der Waals surface area contributed by atoms with Gasteiger partial charge >= 0.3 is 29.8 Å². The molecule has 0 aromatic heterocycles. The largest absolute Gasteiger partial charge is 0.479 e. The first-order valence-corrected chi connectivity index (χ1v) is 11.6. The Morgan fingerprint density at radius 3 is 2.29 bits per heavy atom. The highest BCUT2D eigenvalue weighted by Gasteiger charge is 2.79. The topological polar surface area (TPSA) is 203 Å². The molecule has 13 nitrogen and oxygen atoms in total. The molecule has 2 fully saturated rings. The molecule has 1 aromatic carbocycles. The molecule has 2 aliphatic rings. The average molecular weight is 536 g/mol. The molecule has 0 spiro atoms. The quantitative estimate of drug-likeness (QED) is 0.225. The van der Waals surface area contributed by atoms with Crippen molar-refractivity contribution >= 4 is 29.8 Å². The van der Waals surface area contributed by atoms with Gasteiger partial charge in [-0.05, 0) is 24.0 Å². The Hall–Kier alpha value is -3.81. The molecule has 4 N–H and O–H groups in total. The van der Waals surface area contributed by atoms with Gasteiger partial charge in [0.2, 0.25) is 17.3 Å². The second-order valence-electron chi connectivity index (χ2n) is 9.33. The molecule has 0 unspecified atom stereocenters. The first kappa shape index (κ1) is 28.8. The normalized spacial score (nSPS) is 29.9. The van der Waals surface area contributed by atoms with E-state index in [1.165, 1.54) is 6.92 Å². The van der Waals surface area contributed by atoms with Crippen molar-refractivity contribution in [1.82, 2.24) is 0 Å². The minimum absolute atomic E-state index is 0.223. The Labute approximate surface area is 216 Å². The molecule has 2 saturated heterocycles. The van der Waals surface area contributed by atoms with Crippen LogP contribution in [0.4, 0.5) is 0 Å². The van der Waals surface area contributed by atoms with E-state index in [2.05, 4.69) is 6.58 Å². The van der Waals surface area contributed by atoms with Gasteiger partial charge in [0.1, 0.15) is 12.7 Å². The molecule has 6 atom stereocenters. The lowest BCUT2D eigenvalue weighted by Gasteiger charge is -2.55. The summed E-state index contributed by atoms with van der Waals surface area (Å²) < 4.78 is 20.9. The minimum atomic E-state index is -3.66. The SMILES string of the molecule is C=C(CC[C@@]12O[C@H](C(=O)O)[C@@](O)(C(=O)O)[C@@](C(=O)O)(COC1=O)O2)[C@@H](OC(C)=O)[C@H](C)Cc1ccccc1. The number of rotatable bonds is 11. The summed E-state index contributed by atoms with van der Waals surface area (Å²) in [6.45, 7) is 5.64. The van der Waals surface area contributed by atoms with Crippen molar-refractivity contribution in [1.29, 1.82) is 0 Å². The van der Waals surface area contributed by atoms with Gasteiger partial charge in [-0.15, -0.1) is 0 Å². The highest BCUT2D eigenvalue weighted by molar-refractivity contribution is 5.98. The second kappa shape index (κ2) is 10.5. The fourth-order valence-electron chi connectivity index (χ4n) is 4.71. The zero-order chi connectivity index (χ0) is 28.5. The number of ether oxygens (including phenoxy) is 4. The van der Waals surface area contributed by atoms with Crippen molar-refractivity contribution in [3.05, 3.63) is 48.0 Å². The third-order valence-electron chi connectivity index (χ3n) is 6.64. The number of benzene rings is 1. The zero-order valence-electron chi connectivity index (χ0n) is 20.6. The maximum absolute atomic E-state index is 12.8. The molecule has 13 heteroatoms. The van der Waals surface area contributed by atoms with Crippen LogP contribution >= 0.6 is 0 Å². The number of esters is 2. The molecule has 0 radical (unpaired) electrons. The van der Waals surface area contributed by atoms with Gasteiger partial charge in [-0.2, -0.15) is 0 Å². The van der Waals surface area contributed by atoms with Crippen LogP contribution in [0.5, 0.6) is 0 Å². The Morgan fingerprint density at radius 1 is 1.13 bits per heavy atom. The number of carbonyl (C=O) groups excluding carboxylic acids is 2. The van der Waals surface area contributed by atoms with Gasteiger partial charge in [0, 0.05) is 19.3 Å². The van der Waals surface area contributed by atoms with Crippen LogP contribution in [0.15, 0.2) is 42.5 Å². The van der Waals surface area contributed by atoms with Crippen molar-refractivity contribution in [2.75, 3.05) is 6.61 Å². The number of aliphatic carboxylic acids is 3. The van der Waals surface area contributed by atoms with Crippen molar-refractivity contribution < 1.29 is 63.3 Å². The predicted octanol–water partition coefficient (Wildman–Crippen LogP) is 0.526. The maximum Gasteiger partial charge on any atom is 0.367 e. The zero-order valence-corrected chi connectivity index (χ0v) is 20.6. The number of cyclic esters (lactones) is 1. The van der Waals surface area contributed by atoms with Crippen LogP contribution in [0.3, 0.4) is 0 Å². The third-order valence-corrected chi connectivity index (χ3v) is 6.64. The Kier molecular flexibility index (Phi) is 7.96. The van der Waals surface area contributed by atoms with Gasteiger partial charge in [-0.1, -0.05) is 43.8 Å². The smallest absolute Gasteiger partial charge is 0.367 e. The summed E-state index contributed by atoms with van der Waals surface area (Å²) in [6, 6.07) is 9.29. The van der Waals surface area contributed by atoms with E-state index in [0.717, 1.165) is 5.56 Å². The van der Waals surface area contributed by atoms with Crippen molar-refractivity contribution in [3.8, 4) is 0 Å². The molecule has 206 valence electrons. The van der Waals surface area contributed by atoms with Crippen LogP contribution in [0, 0.1) is 5.92 Å². The molecule has 2 bridgehead atoms. The maximum atomic E-state index is 12.8. The van der Waals surface area contributed by atoms with Crippen LogP contribution in [0.25, 0.3) is 0 Å². The van der Waals surface area contributed by atoms with E-state index in [1.54, 1.807) is 6.92 Å². The predicted molar refractivity (Wildman–Crippen MR) is 123 cm³/mol. The van der Waals surface area contributed by atoms with Gasteiger partial charge in [0.15, 0.2) is 0 Å². The van der Waals surface area contributed by atoms with Gasteiger partial charge < -0.3 is 39.4 Å².